The number of aliphatic carboxylic acids is 1. The molecule has 0 aliphatic carbocycles. The lowest BCUT2D eigenvalue weighted by Gasteiger charge is -2.11. The largest absolute Gasteiger partial charge is 0.481 e. The maximum absolute atomic E-state index is 12.1. The van der Waals surface area contributed by atoms with Crippen LogP contribution in [-0.4, -0.2) is 16.0 Å². The third kappa shape index (κ3) is 4.43. The fourth-order valence-electron chi connectivity index (χ4n) is 1.73. The van der Waals surface area contributed by atoms with Crippen molar-refractivity contribution in [2.45, 2.75) is 19.0 Å². The van der Waals surface area contributed by atoms with Crippen LogP contribution in [0.15, 0.2) is 41.8 Å². The Bertz CT molecular complexity index is 667. The second-order valence-electron chi connectivity index (χ2n) is 4.63. The van der Waals surface area contributed by atoms with E-state index in [1.165, 1.54) is 6.07 Å². The molecule has 0 saturated carbocycles. The van der Waals surface area contributed by atoms with Crippen LogP contribution in [0.3, 0.4) is 0 Å². The molecular formula is C14H15O5PS. The van der Waals surface area contributed by atoms with Crippen molar-refractivity contribution in [1.82, 2.24) is 0 Å². The fraction of sp³-hybridized carbons (Fsp3) is 0.214. The van der Waals surface area contributed by atoms with Crippen LogP contribution in [0.1, 0.15) is 24.0 Å². The van der Waals surface area contributed by atoms with E-state index in [1.54, 1.807) is 36.6 Å². The molecule has 0 amide bonds. The molecule has 2 aromatic rings. The molecule has 5 nitrogen and oxygen atoms in total. The summed E-state index contributed by atoms with van der Waals surface area (Å²) in [6, 6.07) is 10.4. The normalized spacial score (nSPS) is 15.1. The molecule has 0 bridgehead atoms. The molecule has 2 unspecified atom stereocenters. The topological polar surface area (TPSA) is 83.8 Å². The molecule has 21 heavy (non-hydrogen) atoms. The zero-order chi connectivity index (χ0) is 15.5. The van der Waals surface area contributed by atoms with Gasteiger partial charge in [0.25, 0.3) is 0 Å². The number of carboxylic acids is 1. The number of hydrogen-bond donors (Lipinski definition) is 2. The lowest BCUT2D eigenvalue weighted by molar-refractivity contribution is -0.138. The van der Waals surface area contributed by atoms with Crippen molar-refractivity contribution in [3.05, 3.63) is 52.9 Å². The van der Waals surface area contributed by atoms with Gasteiger partial charge in [0.1, 0.15) is 0 Å². The Morgan fingerprint density at radius 1 is 1.38 bits per heavy atom. The van der Waals surface area contributed by atoms with Crippen LogP contribution in [-0.2, 0) is 15.5 Å². The van der Waals surface area contributed by atoms with Crippen LogP contribution in [0.25, 0.3) is 0 Å². The first-order valence-electron chi connectivity index (χ1n) is 6.24. The summed E-state index contributed by atoms with van der Waals surface area (Å²) < 4.78 is 17.2. The van der Waals surface area contributed by atoms with Gasteiger partial charge < -0.3 is 14.5 Å². The van der Waals surface area contributed by atoms with Gasteiger partial charge >= 0.3 is 13.6 Å². The van der Waals surface area contributed by atoms with Gasteiger partial charge in [0.15, 0.2) is 5.06 Å². The standard InChI is InChI=1S/C14H15O5PS/c1-10(14(15)16)12-7-13(21-9-12)19-20(17,18)8-11-5-3-2-4-6-11/h2-7,9-10H,8H2,1H3,(H,15,16)(H,17,18). The summed E-state index contributed by atoms with van der Waals surface area (Å²) >= 11 is 1.11. The number of carbonyl (C=O) groups is 1. The van der Waals surface area contributed by atoms with E-state index in [-0.39, 0.29) is 11.2 Å². The van der Waals surface area contributed by atoms with Crippen molar-refractivity contribution in [2.75, 3.05) is 0 Å². The number of hydrogen-bond acceptors (Lipinski definition) is 4. The van der Waals surface area contributed by atoms with Crippen LogP contribution >= 0.6 is 18.9 Å². The van der Waals surface area contributed by atoms with Gasteiger partial charge in [-0.1, -0.05) is 30.3 Å². The van der Waals surface area contributed by atoms with Crippen LogP contribution in [0, 0.1) is 0 Å². The molecule has 0 radical (unpaired) electrons. The highest BCUT2D eigenvalue weighted by Crippen LogP contribution is 2.48. The highest BCUT2D eigenvalue weighted by Gasteiger charge is 2.24. The molecule has 0 aliphatic rings. The van der Waals surface area contributed by atoms with E-state index in [1.807, 2.05) is 6.07 Å². The van der Waals surface area contributed by atoms with Crippen molar-refractivity contribution in [3.63, 3.8) is 0 Å². The van der Waals surface area contributed by atoms with E-state index in [0.29, 0.717) is 11.1 Å². The fourth-order valence-corrected chi connectivity index (χ4v) is 4.06. The Kier molecular flexibility index (Phi) is 4.83. The van der Waals surface area contributed by atoms with E-state index < -0.39 is 19.5 Å². The van der Waals surface area contributed by atoms with Gasteiger partial charge in [-0.15, -0.1) is 11.3 Å². The minimum Gasteiger partial charge on any atom is -0.481 e. The smallest absolute Gasteiger partial charge is 0.381 e. The summed E-state index contributed by atoms with van der Waals surface area (Å²) in [6.45, 7) is 1.55. The Labute approximate surface area is 126 Å². The number of rotatable bonds is 6. The van der Waals surface area contributed by atoms with Crippen LogP contribution in [0.2, 0.25) is 0 Å². The molecule has 0 aliphatic heterocycles. The quantitative estimate of drug-likeness (QED) is 0.791. The second kappa shape index (κ2) is 6.43. The minimum absolute atomic E-state index is 0.0877. The van der Waals surface area contributed by atoms with E-state index in [4.69, 9.17) is 9.63 Å². The molecule has 7 heteroatoms. The van der Waals surface area contributed by atoms with E-state index in [0.717, 1.165) is 11.3 Å². The monoisotopic (exact) mass is 326 g/mol. The van der Waals surface area contributed by atoms with Crippen molar-refractivity contribution in [2.24, 2.45) is 0 Å². The zero-order valence-corrected chi connectivity index (χ0v) is 13.0. The van der Waals surface area contributed by atoms with E-state index >= 15 is 0 Å². The summed E-state index contributed by atoms with van der Waals surface area (Å²) in [5.74, 6) is -1.62. The second-order valence-corrected chi connectivity index (χ2v) is 7.28. The van der Waals surface area contributed by atoms with Gasteiger partial charge in [-0.25, -0.2) is 4.57 Å². The summed E-state index contributed by atoms with van der Waals surface area (Å²) in [5, 5.41) is 10.8. The number of carboxylic acid groups (broad SMARTS) is 1. The molecule has 2 atom stereocenters. The van der Waals surface area contributed by atoms with Crippen LogP contribution in [0.5, 0.6) is 5.06 Å². The SMILES string of the molecule is CC(C(=O)O)c1csc(OP(=O)(O)Cc2ccccc2)c1. The first-order valence-corrected chi connectivity index (χ1v) is 8.88. The average Bonchev–Trinajstić information content (AvgIpc) is 2.85. The third-order valence-corrected chi connectivity index (χ3v) is 5.12. The summed E-state index contributed by atoms with van der Waals surface area (Å²) in [7, 11) is -3.81. The molecule has 0 saturated heterocycles. The van der Waals surface area contributed by atoms with Crippen molar-refractivity contribution in [3.8, 4) is 5.06 Å². The highest BCUT2D eigenvalue weighted by molar-refractivity contribution is 7.52. The lowest BCUT2D eigenvalue weighted by atomic mass is 10.1. The van der Waals surface area contributed by atoms with Gasteiger partial charge in [0.05, 0.1) is 12.1 Å². The zero-order valence-electron chi connectivity index (χ0n) is 11.3. The Morgan fingerprint density at radius 3 is 2.67 bits per heavy atom. The number of thiophene rings is 1. The van der Waals surface area contributed by atoms with Gasteiger partial charge in [-0.2, -0.15) is 0 Å². The molecule has 1 aromatic heterocycles. The van der Waals surface area contributed by atoms with Crippen molar-refractivity contribution in [1.29, 1.82) is 0 Å². The molecule has 0 spiro atoms. The average molecular weight is 326 g/mol. The molecule has 1 heterocycles. The molecular weight excluding hydrogens is 311 g/mol. The van der Waals surface area contributed by atoms with E-state index in [9.17, 15) is 14.3 Å². The van der Waals surface area contributed by atoms with E-state index in [2.05, 4.69) is 0 Å². The molecule has 2 N–H and O–H groups in total. The van der Waals surface area contributed by atoms with Gasteiger partial charge in [-0.3, -0.25) is 4.79 Å². The summed E-state index contributed by atoms with van der Waals surface area (Å²) in [5.41, 5.74) is 1.27. The maximum Gasteiger partial charge on any atom is 0.381 e. The van der Waals surface area contributed by atoms with Crippen molar-refractivity contribution >= 4 is 24.9 Å². The van der Waals surface area contributed by atoms with Gasteiger partial charge in [0, 0.05) is 0 Å². The summed E-state index contributed by atoms with van der Waals surface area (Å²) in [6.07, 6.45) is -0.0877. The number of benzene rings is 1. The van der Waals surface area contributed by atoms with Crippen molar-refractivity contribution < 1.29 is 23.9 Å². The summed E-state index contributed by atoms with van der Waals surface area (Å²) in [4.78, 5) is 20.8. The Hall–Kier alpha value is -1.62. The van der Waals surface area contributed by atoms with Crippen LogP contribution in [0.4, 0.5) is 0 Å². The Balaban J connectivity index is 2.07. The predicted octanol–water partition coefficient (Wildman–Crippen LogP) is 3.70. The predicted molar refractivity (Wildman–Crippen MR) is 81.0 cm³/mol. The van der Waals surface area contributed by atoms with Gasteiger partial charge in [0.2, 0.25) is 0 Å². The first-order chi connectivity index (χ1) is 9.87. The van der Waals surface area contributed by atoms with Crippen LogP contribution < -0.4 is 4.52 Å². The minimum atomic E-state index is -3.81. The maximum atomic E-state index is 12.1. The highest BCUT2D eigenvalue weighted by atomic mass is 32.1. The molecule has 2 rings (SSSR count). The first kappa shape index (κ1) is 15.8. The molecule has 0 fully saturated rings. The molecule has 1 aromatic carbocycles. The Morgan fingerprint density at radius 2 is 2.05 bits per heavy atom. The van der Waals surface area contributed by atoms with Gasteiger partial charge in [-0.05, 0) is 29.5 Å². The molecule has 112 valence electrons. The third-order valence-electron chi connectivity index (χ3n) is 2.92. The lowest BCUT2D eigenvalue weighted by Crippen LogP contribution is -2.05.